The van der Waals surface area contributed by atoms with Crippen molar-refractivity contribution in [2.24, 2.45) is 7.05 Å². The number of hydrogen-bond donors (Lipinski definition) is 1. The van der Waals surface area contributed by atoms with Crippen LogP contribution in [-0.4, -0.2) is 21.3 Å². The second-order valence-corrected chi connectivity index (χ2v) is 4.27. The average Bonchev–Trinajstić information content (AvgIpc) is 2.65. The number of nitrogens with one attached hydrogen (secondary N) is 1. The largest absolute Gasteiger partial charge is 0.306 e. The van der Waals surface area contributed by atoms with E-state index in [1.54, 1.807) is 10.9 Å². The van der Waals surface area contributed by atoms with Gasteiger partial charge in [0.25, 0.3) is 0 Å². The highest BCUT2D eigenvalue weighted by Crippen LogP contribution is 2.24. The van der Waals surface area contributed by atoms with Gasteiger partial charge in [0.15, 0.2) is 0 Å². The van der Waals surface area contributed by atoms with Crippen molar-refractivity contribution in [2.75, 3.05) is 6.54 Å². The Kier molecular flexibility index (Phi) is 3.72. The molecule has 0 saturated heterocycles. The summed E-state index contributed by atoms with van der Waals surface area (Å²) in [5.41, 5.74) is 2.80. The maximum absolute atomic E-state index is 13.3. The number of aryl methyl sites for hydroxylation is 2. The lowest BCUT2D eigenvalue weighted by Crippen LogP contribution is -2.22. The van der Waals surface area contributed by atoms with Crippen LogP contribution in [0, 0.1) is 12.7 Å². The van der Waals surface area contributed by atoms with E-state index >= 15 is 0 Å². The van der Waals surface area contributed by atoms with Gasteiger partial charge in [0.05, 0.1) is 17.9 Å². The smallest absolute Gasteiger partial charge is 0.141 e. The van der Waals surface area contributed by atoms with Gasteiger partial charge >= 0.3 is 0 Å². The Morgan fingerprint density at radius 2 is 2.22 bits per heavy atom. The Hall–Kier alpha value is -1.75. The quantitative estimate of drug-likeness (QED) is 0.899. The summed E-state index contributed by atoms with van der Waals surface area (Å²) in [6.07, 6.45) is 4.85. The second-order valence-electron chi connectivity index (χ2n) is 4.27. The van der Waals surface area contributed by atoms with E-state index in [4.69, 9.17) is 0 Å². The first-order valence-corrected chi connectivity index (χ1v) is 5.95. The third kappa shape index (κ3) is 2.56. The van der Waals surface area contributed by atoms with Gasteiger partial charge in [0.1, 0.15) is 5.82 Å². The van der Waals surface area contributed by atoms with Crippen molar-refractivity contribution in [1.29, 1.82) is 0 Å². The molecule has 0 aliphatic heterocycles. The molecule has 96 valence electrons. The van der Waals surface area contributed by atoms with E-state index in [-0.39, 0.29) is 11.9 Å². The van der Waals surface area contributed by atoms with Crippen molar-refractivity contribution < 1.29 is 4.39 Å². The molecular formula is C13H17FN4. The van der Waals surface area contributed by atoms with Crippen LogP contribution in [0.4, 0.5) is 4.39 Å². The number of aromatic nitrogens is 3. The predicted molar refractivity (Wildman–Crippen MR) is 67.7 cm³/mol. The van der Waals surface area contributed by atoms with Crippen molar-refractivity contribution in [2.45, 2.75) is 19.9 Å². The molecule has 1 atom stereocenters. The zero-order valence-corrected chi connectivity index (χ0v) is 10.8. The summed E-state index contributed by atoms with van der Waals surface area (Å²) >= 11 is 0. The van der Waals surface area contributed by atoms with E-state index in [9.17, 15) is 4.39 Å². The number of nitrogens with zero attached hydrogens (tertiary/aromatic N) is 3. The molecule has 0 bridgehead atoms. The van der Waals surface area contributed by atoms with E-state index in [1.165, 1.54) is 12.3 Å². The molecular weight excluding hydrogens is 231 g/mol. The van der Waals surface area contributed by atoms with Gasteiger partial charge in [0.2, 0.25) is 0 Å². The molecule has 1 unspecified atom stereocenters. The van der Waals surface area contributed by atoms with Crippen LogP contribution in [0.2, 0.25) is 0 Å². The highest BCUT2D eigenvalue weighted by molar-refractivity contribution is 5.31. The Bertz CT molecular complexity index is 536. The first-order valence-electron chi connectivity index (χ1n) is 5.95. The lowest BCUT2D eigenvalue weighted by molar-refractivity contribution is 0.594. The molecule has 0 spiro atoms. The van der Waals surface area contributed by atoms with Crippen molar-refractivity contribution in [3.8, 4) is 0 Å². The molecule has 4 nitrogen and oxygen atoms in total. The van der Waals surface area contributed by atoms with Crippen LogP contribution in [0.25, 0.3) is 0 Å². The monoisotopic (exact) mass is 248 g/mol. The fourth-order valence-electron chi connectivity index (χ4n) is 2.10. The molecule has 2 aromatic rings. The minimum absolute atomic E-state index is 0.0769. The van der Waals surface area contributed by atoms with Gasteiger partial charge in [-0.1, -0.05) is 6.92 Å². The minimum atomic E-state index is -0.322. The molecule has 2 heterocycles. The van der Waals surface area contributed by atoms with E-state index in [1.807, 2.05) is 27.1 Å². The van der Waals surface area contributed by atoms with Crippen LogP contribution in [0.1, 0.15) is 29.8 Å². The topological polar surface area (TPSA) is 42.7 Å². The third-order valence-corrected chi connectivity index (χ3v) is 2.83. The molecule has 18 heavy (non-hydrogen) atoms. The molecule has 1 N–H and O–H groups in total. The predicted octanol–water partition coefficient (Wildman–Crippen LogP) is 1.96. The highest BCUT2D eigenvalue weighted by Gasteiger charge is 2.18. The van der Waals surface area contributed by atoms with E-state index in [0.29, 0.717) is 0 Å². The standard InChI is InChI=1S/C13H17FN4/c1-4-16-13(10-5-11(14)7-15-6-10)12-8-18(3)17-9(12)2/h5-8,13,16H,4H2,1-3H3. The minimum Gasteiger partial charge on any atom is -0.306 e. The molecule has 0 radical (unpaired) electrons. The molecule has 0 amide bonds. The van der Waals surface area contributed by atoms with Gasteiger partial charge in [-0.3, -0.25) is 9.67 Å². The van der Waals surface area contributed by atoms with Gasteiger partial charge in [-0.05, 0) is 25.1 Å². The van der Waals surface area contributed by atoms with Gasteiger partial charge in [-0.15, -0.1) is 0 Å². The Labute approximate surface area is 106 Å². The van der Waals surface area contributed by atoms with Crippen LogP contribution in [0.5, 0.6) is 0 Å². The molecule has 0 aromatic carbocycles. The lowest BCUT2D eigenvalue weighted by Gasteiger charge is -2.17. The maximum Gasteiger partial charge on any atom is 0.141 e. The normalized spacial score (nSPS) is 12.7. The van der Waals surface area contributed by atoms with Crippen molar-refractivity contribution in [1.82, 2.24) is 20.1 Å². The number of halogens is 1. The number of rotatable bonds is 4. The fourth-order valence-corrected chi connectivity index (χ4v) is 2.10. The van der Waals surface area contributed by atoms with Gasteiger partial charge in [0, 0.05) is 25.0 Å². The van der Waals surface area contributed by atoms with Gasteiger partial charge < -0.3 is 5.32 Å². The fraction of sp³-hybridized carbons (Fsp3) is 0.385. The van der Waals surface area contributed by atoms with E-state index in [0.717, 1.165) is 23.4 Å². The van der Waals surface area contributed by atoms with Crippen LogP contribution < -0.4 is 5.32 Å². The summed E-state index contributed by atoms with van der Waals surface area (Å²) < 4.78 is 15.0. The third-order valence-electron chi connectivity index (χ3n) is 2.83. The molecule has 5 heteroatoms. The summed E-state index contributed by atoms with van der Waals surface area (Å²) in [5.74, 6) is -0.322. The van der Waals surface area contributed by atoms with Crippen molar-refractivity contribution in [3.05, 3.63) is 47.3 Å². The maximum atomic E-state index is 13.3. The Balaban J connectivity index is 2.42. The van der Waals surface area contributed by atoms with Crippen LogP contribution in [0.3, 0.4) is 0 Å². The zero-order chi connectivity index (χ0) is 13.1. The highest BCUT2D eigenvalue weighted by atomic mass is 19.1. The first kappa shape index (κ1) is 12.7. The SMILES string of the molecule is CCNC(c1cncc(F)c1)c1cn(C)nc1C. The van der Waals surface area contributed by atoms with Crippen LogP contribution in [-0.2, 0) is 7.05 Å². The summed E-state index contributed by atoms with van der Waals surface area (Å²) in [6.45, 7) is 4.76. The molecule has 2 rings (SSSR count). The average molecular weight is 248 g/mol. The van der Waals surface area contributed by atoms with Crippen molar-refractivity contribution in [3.63, 3.8) is 0 Å². The zero-order valence-electron chi connectivity index (χ0n) is 10.8. The van der Waals surface area contributed by atoms with E-state index < -0.39 is 0 Å². The van der Waals surface area contributed by atoms with Gasteiger partial charge in [-0.25, -0.2) is 4.39 Å². The Morgan fingerprint density at radius 3 is 2.78 bits per heavy atom. The van der Waals surface area contributed by atoms with Crippen molar-refractivity contribution >= 4 is 0 Å². The first-order chi connectivity index (χ1) is 8.61. The summed E-state index contributed by atoms with van der Waals surface area (Å²) in [4.78, 5) is 3.91. The van der Waals surface area contributed by atoms with Crippen LogP contribution in [0.15, 0.2) is 24.7 Å². The molecule has 2 aromatic heterocycles. The van der Waals surface area contributed by atoms with Crippen LogP contribution >= 0.6 is 0 Å². The summed E-state index contributed by atoms with van der Waals surface area (Å²) in [6, 6.07) is 1.43. The molecule has 0 aliphatic rings. The van der Waals surface area contributed by atoms with Gasteiger partial charge in [-0.2, -0.15) is 5.10 Å². The lowest BCUT2D eigenvalue weighted by atomic mass is 10.0. The molecule has 0 saturated carbocycles. The summed E-state index contributed by atoms with van der Waals surface area (Å²) in [7, 11) is 1.88. The second kappa shape index (κ2) is 5.27. The number of hydrogen-bond acceptors (Lipinski definition) is 3. The molecule has 0 fully saturated rings. The Morgan fingerprint density at radius 1 is 1.44 bits per heavy atom. The van der Waals surface area contributed by atoms with E-state index in [2.05, 4.69) is 15.4 Å². The summed E-state index contributed by atoms with van der Waals surface area (Å²) in [5, 5.41) is 7.66. The molecule has 0 aliphatic carbocycles. The number of pyridine rings is 1.